The molecule has 3 aromatic rings. The summed E-state index contributed by atoms with van der Waals surface area (Å²) in [7, 11) is -0.775. The van der Waals surface area contributed by atoms with Gasteiger partial charge in [-0.1, -0.05) is 30.3 Å². The van der Waals surface area contributed by atoms with Crippen LogP contribution in [0.4, 0.5) is 5.69 Å². The first-order chi connectivity index (χ1) is 14.9. The van der Waals surface area contributed by atoms with Crippen molar-refractivity contribution < 1.29 is 22.7 Å². The highest BCUT2D eigenvalue weighted by Gasteiger charge is 2.18. The quantitative estimate of drug-likeness (QED) is 0.557. The number of amides is 1. The lowest BCUT2D eigenvalue weighted by Gasteiger charge is -2.14. The Morgan fingerprint density at radius 3 is 2.19 bits per heavy atom. The van der Waals surface area contributed by atoms with Crippen LogP contribution in [-0.2, 0) is 16.6 Å². The maximum absolute atomic E-state index is 12.8. The number of anilines is 1. The molecule has 0 aliphatic carbocycles. The highest BCUT2D eigenvalue weighted by molar-refractivity contribution is 7.92. The standard InChI is InChI=1S/C23H24N2O5S/c1-16-8-4-5-11-20(16)25-31(27,28)18-10-6-9-17(14-18)23(26)24-15-19-21(29-2)12-7-13-22(19)30-3/h4-14,25H,15H2,1-3H3,(H,24,26). The van der Waals surface area contributed by atoms with Crippen LogP contribution in [-0.4, -0.2) is 28.5 Å². The average molecular weight is 441 g/mol. The van der Waals surface area contributed by atoms with Gasteiger partial charge >= 0.3 is 0 Å². The molecule has 1 amide bonds. The van der Waals surface area contributed by atoms with E-state index >= 15 is 0 Å². The number of methoxy groups -OCH3 is 2. The highest BCUT2D eigenvalue weighted by Crippen LogP contribution is 2.28. The molecule has 8 heteroatoms. The minimum atomic E-state index is -3.85. The first-order valence-corrected chi connectivity index (χ1v) is 11.0. The first-order valence-electron chi connectivity index (χ1n) is 9.52. The molecule has 0 spiro atoms. The van der Waals surface area contributed by atoms with Crippen LogP contribution in [0.25, 0.3) is 0 Å². The van der Waals surface area contributed by atoms with Crippen molar-refractivity contribution in [3.63, 3.8) is 0 Å². The van der Waals surface area contributed by atoms with E-state index in [4.69, 9.17) is 9.47 Å². The van der Waals surface area contributed by atoms with Gasteiger partial charge in [-0.2, -0.15) is 0 Å². The Labute approximate surface area is 182 Å². The van der Waals surface area contributed by atoms with Crippen molar-refractivity contribution in [2.75, 3.05) is 18.9 Å². The summed E-state index contributed by atoms with van der Waals surface area (Å²) in [5.74, 6) is 0.748. The molecule has 0 unspecified atom stereocenters. The third-order valence-corrected chi connectivity index (χ3v) is 6.11. The fourth-order valence-corrected chi connectivity index (χ4v) is 4.24. The van der Waals surface area contributed by atoms with E-state index in [1.165, 1.54) is 32.4 Å². The maximum Gasteiger partial charge on any atom is 0.261 e. The molecule has 0 aromatic heterocycles. The van der Waals surface area contributed by atoms with Crippen molar-refractivity contribution in [3.8, 4) is 11.5 Å². The van der Waals surface area contributed by atoms with E-state index in [0.717, 1.165) is 5.56 Å². The average Bonchev–Trinajstić information content (AvgIpc) is 2.78. The molecule has 162 valence electrons. The first kappa shape index (κ1) is 22.2. The second kappa shape index (κ2) is 9.53. The zero-order valence-corrected chi connectivity index (χ0v) is 18.3. The van der Waals surface area contributed by atoms with Crippen LogP contribution in [0.3, 0.4) is 0 Å². The minimum absolute atomic E-state index is 0.00160. The van der Waals surface area contributed by atoms with Gasteiger partial charge in [-0.25, -0.2) is 8.42 Å². The summed E-state index contributed by atoms with van der Waals surface area (Å²) in [6.45, 7) is 1.97. The van der Waals surface area contributed by atoms with E-state index in [0.29, 0.717) is 22.7 Å². The molecule has 2 N–H and O–H groups in total. The Balaban J connectivity index is 1.79. The number of carbonyl (C=O) groups excluding carboxylic acids is 1. The number of rotatable bonds is 8. The highest BCUT2D eigenvalue weighted by atomic mass is 32.2. The number of hydrogen-bond acceptors (Lipinski definition) is 5. The van der Waals surface area contributed by atoms with Crippen molar-refractivity contribution in [3.05, 3.63) is 83.4 Å². The molecule has 0 aliphatic heterocycles. The Hall–Kier alpha value is -3.52. The van der Waals surface area contributed by atoms with Crippen LogP contribution in [0.15, 0.2) is 71.6 Å². The van der Waals surface area contributed by atoms with E-state index in [1.807, 2.05) is 19.1 Å². The van der Waals surface area contributed by atoms with Crippen LogP contribution < -0.4 is 19.5 Å². The summed E-state index contributed by atoms with van der Waals surface area (Å²) in [4.78, 5) is 12.7. The summed E-state index contributed by atoms with van der Waals surface area (Å²) in [5, 5.41) is 2.79. The molecule has 0 saturated heterocycles. The Kier molecular flexibility index (Phi) is 6.81. The summed E-state index contributed by atoms with van der Waals surface area (Å²) < 4.78 is 38.8. The van der Waals surface area contributed by atoms with Gasteiger partial charge in [-0.15, -0.1) is 0 Å². The van der Waals surface area contributed by atoms with Gasteiger partial charge < -0.3 is 14.8 Å². The number of sulfonamides is 1. The molecule has 0 bridgehead atoms. The smallest absolute Gasteiger partial charge is 0.261 e. The van der Waals surface area contributed by atoms with Gasteiger partial charge in [-0.3, -0.25) is 9.52 Å². The zero-order chi connectivity index (χ0) is 22.4. The van der Waals surface area contributed by atoms with Gasteiger partial charge in [0.25, 0.3) is 15.9 Å². The zero-order valence-electron chi connectivity index (χ0n) is 17.5. The predicted molar refractivity (Wildman–Crippen MR) is 119 cm³/mol. The molecule has 31 heavy (non-hydrogen) atoms. The van der Waals surface area contributed by atoms with Crippen molar-refractivity contribution >= 4 is 21.6 Å². The van der Waals surface area contributed by atoms with Gasteiger partial charge in [0.05, 0.1) is 36.9 Å². The fraction of sp³-hybridized carbons (Fsp3) is 0.174. The number of carbonyl (C=O) groups is 1. The molecule has 3 aromatic carbocycles. The van der Waals surface area contributed by atoms with Gasteiger partial charge in [-0.05, 0) is 48.9 Å². The van der Waals surface area contributed by atoms with Crippen molar-refractivity contribution in [2.24, 2.45) is 0 Å². The summed E-state index contributed by atoms with van der Waals surface area (Å²) in [5.41, 5.74) is 2.19. The number of aryl methyl sites for hydroxylation is 1. The Bertz CT molecular complexity index is 1170. The van der Waals surface area contributed by atoms with Crippen LogP contribution in [0.1, 0.15) is 21.5 Å². The van der Waals surface area contributed by atoms with Crippen molar-refractivity contribution in [1.29, 1.82) is 0 Å². The summed E-state index contributed by atoms with van der Waals surface area (Å²) >= 11 is 0. The van der Waals surface area contributed by atoms with Gasteiger partial charge in [0.1, 0.15) is 11.5 Å². The molecule has 0 saturated carbocycles. The molecule has 0 fully saturated rings. The number of nitrogens with one attached hydrogen (secondary N) is 2. The van der Waals surface area contributed by atoms with E-state index < -0.39 is 15.9 Å². The van der Waals surface area contributed by atoms with Crippen molar-refractivity contribution in [2.45, 2.75) is 18.4 Å². The summed E-state index contributed by atoms with van der Waals surface area (Å²) in [6.07, 6.45) is 0. The van der Waals surface area contributed by atoms with Gasteiger partial charge in [0, 0.05) is 5.56 Å². The Morgan fingerprint density at radius 2 is 1.55 bits per heavy atom. The SMILES string of the molecule is COc1cccc(OC)c1CNC(=O)c1cccc(S(=O)(=O)Nc2ccccc2C)c1. The third kappa shape index (κ3) is 5.16. The van der Waals surface area contributed by atoms with Crippen LogP contribution in [0.2, 0.25) is 0 Å². The molecule has 0 radical (unpaired) electrons. The molecule has 0 atom stereocenters. The molecular formula is C23H24N2O5S. The third-order valence-electron chi connectivity index (χ3n) is 4.75. The fourth-order valence-electron chi connectivity index (χ4n) is 3.07. The second-order valence-corrected chi connectivity index (χ2v) is 8.45. The minimum Gasteiger partial charge on any atom is -0.496 e. The lowest BCUT2D eigenvalue weighted by Crippen LogP contribution is -2.24. The number of hydrogen-bond donors (Lipinski definition) is 2. The van der Waals surface area contributed by atoms with Crippen LogP contribution in [0.5, 0.6) is 11.5 Å². The van der Waals surface area contributed by atoms with E-state index in [2.05, 4.69) is 10.0 Å². The lowest BCUT2D eigenvalue weighted by molar-refractivity contribution is 0.0950. The normalized spacial score (nSPS) is 10.9. The number of ether oxygens (including phenoxy) is 2. The molecular weight excluding hydrogens is 416 g/mol. The monoisotopic (exact) mass is 440 g/mol. The largest absolute Gasteiger partial charge is 0.496 e. The molecule has 0 heterocycles. The number of benzene rings is 3. The Morgan fingerprint density at radius 1 is 0.903 bits per heavy atom. The lowest BCUT2D eigenvalue weighted by atomic mass is 10.1. The van der Waals surface area contributed by atoms with E-state index in [-0.39, 0.29) is 17.0 Å². The maximum atomic E-state index is 12.8. The molecule has 0 aliphatic rings. The number of para-hydroxylation sites is 1. The van der Waals surface area contributed by atoms with Crippen molar-refractivity contribution in [1.82, 2.24) is 5.32 Å². The topological polar surface area (TPSA) is 93.7 Å². The molecule has 7 nitrogen and oxygen atoms in total. The predicted octanol–water partition coefficient (Wildman–Crippen LogP) is 3.74. The van der Waals surface area contributed by atoms with E-state index in [9.17, 15) is 13.2 Å². The van der Waals surface area contributed by atoms with Crippen LogP contribution >= 0.6 is 0 Å². The van der Waals surface area contributed by atoms with Gasteiger partial charge in [0.2, 0.25) is 0 Å². The summed E-state index contributed by atoms with van der Waals surface area (Å²) in [6, 6.07) is 18.3. The molecule has 3 rings (SSSR count). The van der Waals surface area contributed by atoms with Crippen LogP contribution in [0, 0.1) is 6.92 Å². The van der Waals surface area contributed by atoms with Gasteiger partial charge in [0.15, 0.2) is 0 Å². The van der Waals surface area contributed by atoms with E-state index in [1.54, 1.807) is 36.4 Å². The second-order valence-electron chi connectivity index (χ2n) is 6.77.